The van der Waals surface area contributed by atoms with Crippen LogP contribution >= 0.6 is 15.9 Å². The molecule has 1 aromatic heterocycles. The number of ether oxygens (including phenoxy) is 2. The van der Waals surface area contributed by atoms with Crippen LogP contribution in [0.2, 0.25) is 0 Å². The maximum Gasteiger partial charge on any atom is 0.341 e. The van der Waals surface area contributed by atoms with Crippen molar-refractivity contribution in [2.45, 2.75) is 18.8 Å². The summed E-state index contributed by atoms with van der Waals surface area (Å²) in [6, 6.07) is 13.6. The summed E-state index contributed by atoms with van der Waals surface area (Å²) in [4.78, 5) is 17.7. The highest BCUT2D eigenvalue weighted by Crippen LogP contribution is 2.35. The Bertz CT molecular complexity index is 993. The maximum atomic E-state index is 11.8. The zero-order valence-electron chi connectivity index (χ0n) is 16.5. The number of methoxy groups -OCH3 is 1. The van der Waals surface area contributed by atoms with Crippen molar-refractivity contribution in [3.8, 4) is 5.75 Å². The molecule has 1 aliphatic rings. The number of benzene rings is 2. The summed E-state index contributed by atoms with van der Waals surface area (Å²) < 4.78 is 11.8. The van der Waals surface area contributed by atoms with Crippen LogP contribution in [0.15, 0.2) is 53.1 Å². The van der Waals surface area contributed by atoms with E-state index < -0.39 is 0 Å². The van der Waals surface area contributed by atoms with Crippen molar-refractivity contribution in [2.75, 3.05) is 33.4 Å². The molecule has 0 radical (unpaired) electrons. The molecule has 4 rings (SSSR count). The predicted molar refractivity (Wildman–Crippen MR) is 118 cm³/mol. The number of aromatic amines is 1. The van der Waals surface area contributed by atoms with Crippen LogP contribution < -0.4 is 4.74 Å². The molecule has 0 aliphatic carbocycles. The molecule has 0 amide bonds. The van der Waals surface area contributed by atoms with Crippen molar-refractivity contribution in [1.82, 2.24) is 9.88 Å². The lowest BCUT2D eigenvalue weighted by Crippen LogP contribution is -2.35. The van der Waals surface area contributed by atoms with Crippen LogP contribution in [0.25, 0.3) is 10.9 Å². The normalized spacial score (nSPS) is 15.5. The summed E-state index contributed by atoms with van der Waals surface area (Å²) in [5, 5.41) is 1.32. The van der Waals surface area contributed by atoms with Gasteiger partial charge in [-0.25, -0.2) is 4.79 Å². The summed E-state index contributed by atoms with van der Waals surface area (Å²) in [5.41, 5.74) is 3.08. The second-order valence-corrected chi connectivity index (χ2v) is 8.21. The number of likely N-dealkylation sites (tertiary alicyclic amines) is 1. The summed E-state index contributed by atoms with van der Waals surface area (Å²) in [7, 11) is 1.38. The minimum absolute atomic E-state index is 0.369. The number of fused-ring (bicyclic) bond motifs is 1. The van der Waals surface area contributed by atoms with Gasteiger partial charge < -0.3 is 14.5 Å². The Balaban J connectivity index is 1.31. The molecule has 5 nitrogen and oxygen atoms in total. The van der Waals surface area contributed by atoms with E-state index in [4.69, 9.17) is 9.47 Å². The van der Waals surface area contributed by atoms with Crippen LogP contribution in [0.4, 0.5) is 0 Å². The van der Waals surface area contributed by atoms with Gasteiger partial charge in [-0.15, -0.1) is 0 Å². The maximum absolute atomic E-state index is 11.8. The van der Waals surface area contributed by atoms with Crippen LogP contribution in [0, 0.1) is 0 Å². The number of aromatic nitrogens is 1. The average molecular weight is 457 g/mol. The zero-order valence-corrected chi connectivity index (χ0v) is 18.1. The number of hydrogen-bond acceptors (Lipinski definition) is 4. The first kappa shape index (κ1) is 20.0. The first-order chi connectivity index (χ1) is 14.2. The first-order valence-corrected chi connectivity index (χ1v) is 10.7. The number of esters is 1. The molecule has 0 unspecified atom stereocenters. The molecule has 0 spiro atoms. The molecule has 2 heterocycles. The second-order valence-electron chi connectivity index (χ2n) is 7.36. The highest BCUT2D eigenvalue weighted by Gasteiger charge is 2.23. The van der Waals surface area contributed by atoms with Gasteiger partial charge in [0.1, 0.15) is 17.9 Å². The molecule has 1 N–H and O–H groups in total. The summed E-state index contributed by atoms with van der Waals surface area (Å²) in [6.07, 6.45) is 4.44. The number of rotatable bonds is 6. The molecule has 1 saturated heterocycles. The number of hydrogen-bond donors (Lipinski definition) is 1. The topological polar surface area (TPSA) is 54.6 Å². The van der Waals surface area contributed by atoms with E-state index >= 15 is 0 Å². The fourth-order valence-corrected chi connectivity index (χ4v) is 4.58. The molecule has 3 aromatic rings. The van der Waals surface area contributed by atoms with E-state index in [-0.39, 0.29) is 5.97 Å². The number of nitrogens with zero attached hydrogens (tertiary/aromatic N) is 1. The summed E-state index contributed by atoms with van der Waals surface area (Å²) in [5.74, 6) is 0.792. The van der Waals surface area contributed by atoms with Gasteiger partial charge in [-0.05, 0) is 71.5 Å². The molecule has 6 heteroatoms. The van der Waals surface area contributed by atoms with E-state index in [2.05, 4.69) is 50.2 Å². The third kappa shape index (κ3) is 4.33. The number of carbonyl (C=O) groups is 1. The van der Waals surface area contributed by atoms with Crippen LogP contribution in [-0.4, -0.2) is 49.2 Å². The molecule has 2 aromatic carbocycles. The van der Waals surface area contributed by atoms with Gasteiger partial charge in [0.2, 0.25) is 0 Å². The van der Waals surface area contributed by atoms with E-state index in [0.717, 1.165) is 36.9 Å². The van der Waals surface area contributed by atoms with Crippen LogP contribution in [0.5, 0.6) is 5.75 Å². The Morgan fingerprint density at radius 2 is 1.97 bits per heavy atom. The van der Waals surface area contributed by atoms with E-state index in [0.29, 0.717) is 23.8 Å². The van der Waals surface area contributed by atoms with E-state index in [9.17, 15) is 4.79 Å². The van der Waals surface area contributed by atoms with Crippen molar-refractivity contribution in [3.05, 3.63) is 64.3 Å². The predicted octanol–water partition coefficient (Wildman–Crippen LogP) is 4.98. The summed E-state index contributed by atoms with van der Waals surface area (Å²) >= 11 is 3.63. The number of nitrogens with one attached hydrogen (secondary N) is 1. The molecular formula is C23H25BrN2O3. The van der Waals surface area contributed by atoms with Gasteiger partial charge in [-0.2, -0.15) is 0 Å². The van der Waals surface area contributed by atoms with Crippen molar-refractivity contribution >= 4 is 32.8 Å². The Hall–Kier alpha value is -2.31. The largest absolute Gasteiger partial charge is 0.491 e. The van der Waals surface area contributed by atoms with Gasteiger partial charge in [0.25, 0.3) is 0 Å². The highest BCUT2D eigenvalue weighted by molar-refractivity contribution is 9.10. The van der Waals surface area contributed by atoms with Crippen LogP contribution in [0.1, 0.15) is 34.7 Å². The van der Waals surface area contributed by atoms with Gasteiger partial charge in [-0.1, -0.05) is 24.3 Å². The number of carbonyl (C=O) groups excluding carboxylic acids is 1. The lowest BCUT2D eigenvalue weighted by atomic mass is 9.89. The lowest BCUT2D eigenvalue weighted by Gasteiger charge is -2.31. The third-order valence-corrected chi connectivity index (χ3v) is 6.34. The third-order valence-electron chi connectivity index (χ3n) is 5.68. The second kappa shape index (κ2) is 9.01. The molecule has 29 heavy (non-hydrogen) atoms. The number of halogens is 1. The smallest absolute Gasteiger partial charge is 0.341 e. The molecule has 1 aliphatic heterocycles. The van der Waals surface area contributed by atoms with Gasteiger partial charge in [0, 0.05) is 22.6 Å². The van der Waals surface area contributed by atoms with Crippen LogP contribution in [0.3, 0.4) is 0 Å². The van der Waals surface area contributed by atoms with E-state index in [1.165, 1.54) is 23.6 Å². The van der Waals surface area contributed by atoms with Crippen LogP contribution in [-0.2, 0) is 4.74 Å². The average Bonchev–Trinajstić information content (AvgIpc) is 3.19. The lowest BCUT2D eigenvalue weighted by molar-refractivity contribution is 0.0595. The molecule has 0 bridgehead atoms. The van der Waals surface area contributed by atoms with Crippen molar-refractivity contribution < 1.29 is 14.3 Å². The van der Waals surface area contributed by atoms with Gasteiger partial charge >= 0.3 is 5.97 Å². The highest BCUT2D eigenvalue weighted by atomic mass is 79.9. The number of H-pyrrole nitrogens is 1. The van der Waals surface area contributed by atoms with Gasteiger partial charge in [-0.3, -0.25) is 4.90 Å². The zero-order chi connectivity index (χ0) is 20.2. The fraction of sp³-hybridized carbons (Fsp3) is 0.348. The first-order valence-electron chi connectivity index (χ1n) is 9.95. The van der Waals surface area contributed by atoms with Crippen molar-refractivity contribution in [2.24, 2.45) is 0 Å². The van der Waals surface area contributed by atoms with Gasteiger partial charge in [0.15, 0.2) is 0 Å². The van der Waals surface area contributed by atoms with Crippen molar-refractivity contribution in [3.63, 3.8) is 0 Å². The Morgan fingerprint density at radius 1 is 1.17 bits per heavy atom. The Morgan fingerprint density at radius 3 is 2.76 bits per heavy atom. The van der Waals surface area contributed by atoms with Gasteiger partial charge in [0.05, 0.1) is 12.6 Å². The molecule has 1 fully saturated rings. The van der Waals surface area contributed by atoms with Crippen molar-refractivity contribution in [1.29, 1.82) is 0 Å². The fourth-order valence-electron chi connectivity index (χ4n) is 4.10. The SMILES string of the molecule is COC(=O)c1ccccc1OCCN1CCC(c2c[nH]c3c(Br)cccc23)CC1. The molecule has 0 atom stereocenters. The number of para-hydroxylation sites is 2. The summed E-state index contributed by atoms with van der Waals surface area (Å²) in [6.45, 7) is 3.50. The Kier molecular flexibility index (Phi) is 6.21. The number of piperidine rings is 1. The quantitative estimate of drug-likeness (QED) is 0.531. The minimum atomic E-state index is -0.369. The Labute approximate surface area is 179 Å². The van der Waals surface area contributed by atoms with E-state index in [1.54, 1.807) is 6.07 Å². The molecule has 0 saturated carbocycles. The molecule has 152 valence electrons. The molecular weight excluding hydrogens is 432 g/mol. The van der Waals surface area contributed by atoms with E-state index in [1.807, 2.05) is 18.2 Å². The monoisotopic (exact) mass is 456 g/mol. The standard InChI is InChI=1S/C23H25BrN2O3/c1-28-23(27)18-5-2-3-8-21(18)29-14-13-26-11-9-16(10-12-26)19-15-25-22-17(19)6-4-7-20(22)24/h2-8,15-16,25H,9-14H2,1H3. The minimum Gasteiger partial charge on any atom is -0.491 e.